The second kappa shape index (κ2) is 6.23. The topological polar surface area (TPSA) is 33.1 Å². The van der Waals surface area contributed by atoms with Crippen molar-refractivity contribution in [3.8, 4) is 0 Å². The zero-order valence-electron chi connectivity index (χ0n) is 10.0. The molecule has 5 heteroatoms. The summed E-state index contributed by atoms with van der Waals surface area (Å²) < 4.78 is 2.03. The molecule has 0 spiro atoms. The summed E-state index contributed by atoms with van der Waals surface area (Å²) in [6, 6.07) is 0.649. The smallest absolute Gasteiger partial charge is 0.0536 e. The fraction of sp³-hybridized carbons (Fsp3) is 0.727. The molecule has 2 rings (SSSR count). The summed E-state index contributed by atoms with van der Waals surface area (Å²) in [5, 5.41) is 7.70. The summed E-state index contributed by atoms with van der Waals surface area (Å²) in [6.07, 6.45) is 4.02. The van der Waals surface area contributed by atoms with Gasteiger partial charge in [-0.25, -0.2) is 0 Å². The van der Waals surface area contributed by atoms with Gasteiger partial charge in [0.2, 0.25) is 0 Å². The molecule has 0 unspecified atom stereocenters. The highest BCUT2D eigenvalue weighted by molar-refractivity contribution is 5.85. The standard InChI is InChI=1S/C11H20N4.ClH/c1-10-7-13-15(9-10)6-5-14-4-3-12-8-11(14)2;/h7,9,11-12H,3-6,8H2,1-2H3;1H/t11-;/m0./s1. The van der Waals surface area contributed by atoms with Crippen molar-refractivity contribution in [1.82, 2.24) is 20.0 Å². The maximum absolute atomic E-state index is 4.30. The van der Waals surface area contributed by atoms with Gasteiger partial charge in [0.25, 0.3) is 0 Å². The Bertz CT molecular complexity index is 313. The zero-order valence-corrected chi connectivity index (χ0v) is 10.8. The van der Waals surface area contributed by atoms with E-state index < -0.39 is 0 Å². The number of hydrogen-bond donors (Lipinski definition) is 1. The van der Waals surface area contributed by atoms with Crippen LogP contribution in [-0.4, -0.2) is 46.9 Å². The first kappa shape index (κ1) is 13.5. The van der Waals surface area contributed by atoms with Crippen LogP contribution in [0.2, 0.25) is 0 Å². The van der Waals surface area contributed by atoms with Crippen molar-refractivity contribution in [2.24, 2.45) is 0 Å². The summed E-state index contributed by atoms with van der Waals surface area (Å²) >= 11 is 0. The Balaban J connectivity index is 0.00000128. The minimum absolute atomic E-state index is 0. The van der Waals surface area contributed by atoms with Gasteiger partial charge in [-0.1, -0.05) is 0 Å². The van der Waals surface area contributed by atoms with E-state index in [9.17, 15) is 0 Å². The molecule has 1 N–H and O–H groups in total. The molecule has 16 heavy (non-hydrogen) atoms. The highest BCUT2D eigenvalue weighted by atomic mass is 35.5. The van der Waals surface area contributed by atoms with Gasteiger partial charge in [-0.3, -0.25) is 9.58 Å². The molecule has 0 amide bonds. The quantitative estimate of drug-likeness (QED) is 0.858. The minimum atomic E-state index is 0. The van der Waals surface area contributed by atoms with E-state index in [-0.39, 0.29) is 12.4 Å². The van der Waals surface area contributed by atoms with Crippen LogP contribution in [0.4, 0.5) is 0 Å². The predicted octanol–water partition coefficient (Wildman–Crippen LogP) is 0.907. The van der Waals surface area contributed by atoms with E-state index in [0.717, 1.165) is 32.7 Å². The number of nitrogens with one attached hydrogen (secondary N) is 1. The summed E-state index contributed by atoms with van der Waals surface area (Å²) in [6.45, 7) is 9.83. The van der Waals surface area contributed by atoms with Crippen molar-refractivity contribution in [2.75, 3.05) is 26.2 Å². The molecule has 1 aliphatic heterocycles. The van der Waals surface area contributed by atoms with Crippen LogP contribution in [0.3, 0.4) is 0 Å². The largest absolute Gasteiger partial charge is 0.314 e. The fourth-order valence-electron chi connectivity index (χ4n) is 2.04. The Morgan fingerprint density at radius 2 is 2.31 bits per heavy atom. The Kier molecular flexibility index (Phi) is 5.25. The van der Waals surface area contributed by atoms with Crippen molar-refractivity contribution in [1.29, 1.82) is 0 Å². The van der Waals surface area contributed by atoms with Crippen LogP contribution in [0, 0.1) is 6.92 Å². The van der Waals surface area contributed by atoms with Gasteiger partial charge in [0.15, 0.2) is 0 Å². The van der Waals surface area contributed by atoms with Gasteiger partial charge in [0, 0.05) is 38.4 Å². The summed E-state index contributed by atoms with van der Waals surface area (Å²) in [4.78, 5) is 2.52. The SMILES string of the molecule is Cc1cnn(CCN2CCNC[C@@H]2C)c1.Cl. The average Bonchev–Trinajstić information content (AvgIpc) is 2.63. The minimum Gasteiger partial charge on any atom is -0.314 e. The van der Waals surface area contributed by atoms with Gasteiger partial charge in [-0.15, -0.1) is 12.4 Å². The molecular formula is C11H21ClN4. The number of aryl methyl sites for hydroxylation is 1. The second-order valence-corrected chi connectivity index (χ2v) is 4.37. The van der Waals surface area contributed by atoms with E-state index in [1.807, 2.05) is 10.9 Å². The average molecular weight is 245 g/mol. The zero-order chi connectivity index (χ0) is 10.7. The van der Waals surface area contributed by atoms with E-state index in [0.29, 0.717) is 6.04 Å². The van der Waals surface area contributed by atoms with E-state index in [1.54, 1.807) is 0 Å². The monoisotopic (exact) mass is 244 g/mol. The molecule has 1 fully saturated rings. The van der Waals surface area contributed by atoms with Crippen molar-refractivity contribution in [2.45, 2.75) is 26.4 Å². The van der Waals surface area contributed by atoms with E-state index >= 15 is 0 Å². The van der Waals surface area contributed by atoms with E-state index in [4.69, 9.17) is 0 Å². The first-order valence-corrected chi connectivity index (χ1v) is 5.69. The van der Waals surface area contributed by atoms with Gasteiger partial charge >= 0.3 is 0 Å². The second-order valence-electron chi connectivity index (χ2n) is 4.37. The first-order chi connectivity index (χ1) is 7.25. The predicted molar refractivity (Wildman–Crippen MR) is 68.1 cm³/mol. The van der Waals surface area contributed by atoms with Crippen LogP contribution in [0.5, 0.6) is 0 Å². The molecule has 1 aliphatic rings. The van der Waals surface area contributed by atoms with Crippen LogP contribution < -0.4 is 5.32 Å². The van der Waals surface area contributed by atoms with Crippen molar-refractivity contribution in [3.05, 3.63) is 18.0 Å². The lowest BCUT2D eigenvalue weighted by atomic mass is 10.2. The molecule has 0 bridgehead atoms. The molecule has 4 nitrogen and oxygen atoms in total. The lowest BCUT2D eigenvalue weighted by molar-refractivity contribution is 0.166. The maximum atomic E-state index is 4.30. The third-order valence-corrected chi connectivity index (χ3v) is 3.02. The number of rotatable bonds is 3. The molecule has 1 aromatic rings. The molecule has 2 heterocycles. The number of hydrogen-bond acceptors (Lipinski definition) is 3. The van der Waals surface area contributed by atoms with Gasteiger partial charge in [-0.2, -0.15) is 5.10 Å². The van der Waals surface area contributed by atoms with Gasteiger partial charge in [-0.05, 0) is 19.4 Å². The number of halogens is 1. The first-order valence-electron chi connectivity index (χ1n) is 5.69. The van der Waals surface area contributed by atoms with Gasteiger partial charge in [0.05, 0.1) is 12.7 Å². The van der Waals surface area contributed by atoms with Crippen LogP contribution in [0.15, 0.2) is 12.4 Å². The normalized spacial score (nSPS) is 21.8. The number of aromatic nitrogens is 2. The Labute approximate surface area is 103 Å². The van der Waals surface area contributed by atoms with Crippen molar-refractivity contribution in [3.63, 3.8) is 0 Å². The molecule has 1 saturated heterocycles. The number of piperazine rings is 1. The molecular weight excluding hydrogens is 224 g/mol. The highest BCUT2D eigenvalue weighted by Gasteiger charge is 2.16. The maximum Gasteiger partial charge on any atom is 0.0536 e. The van der Waals surface area contributed by atoms with E-state index in [1.165, 1.54) is 5.56 Å². The number of nitrogens with zero attached hydrogens (tertiary/aromatic N) is 3. The van der Waals surface area contributed by atoms with Crippen LogP contribution >= 0.6 is 12.4 Å². The lowest BCUT2D eigenvalue weighted by Crippen LogP contribution is -2.50. The molecule has 1 aromatic heterocycles. The van der Waals surface area contributed by atoms with Gasteiger partial charge < -0.3 is 5.32 Å². The molecule has 92 valence electrons. The molecule has 0 aliphatic carbocycles. The fourth-order valence-corrected chi connectivity index (χ4v) is 2.04. The third-order valence-electron chi connectivity index (χ3n) is 3.02. The van der Waals surface area contributed by atoms with Crippen LogP contribution in [0.1, 0.15) is 12.5 Å². The summed E-state index contributed by atoms with van der Waals surface area (Å²) in [5.74, 6) is 0. The van der Waals surface area contributed by atoms with E-state index in [2.05, 4.69) is 35.4 Å². The summed E-state index contributed by atoms with van der Waals surface area (Å²) in [5.41, 5.74) is 1.24. The van der Waals surface area contributed by atoms with Crippen LogP contribution in [0.25, 0.3) is 0 Å². The molecule has 0 saturated carbocycles. The Morgan fingerprint density at radius 1 is 1.50 bits per heavy atom. The van der Waals surface area contributed by atoms with Gasteiger partial charge in [0.1, 0.15) is 0 Å². The van der Waals surface area contributed by atoms with Crippen molar-refractivity contribution >= 4 is 12.4 Å². The Morgan fingerprint density at radius 3 is 2.94 bits per heavy atom. The van der Waals surface area contributed by atoms with Crippen LogP contribution in [-0.2, 0) is 6.54 Å². The third kappa shape index (κ3) is 3.47. The highest BCUT2D eigenvalue weighted by Crippen LogP contribution is 2.03. The lowest BCUT2D eigenvalue weighted by Gasteiger charge is -2.33. The molecule has 1 atom stereocenters. The Hall–Kier alpha value is -0.580. The molecule has 0 radical (unpaired) electrons. The summed E-state index contributed by atoms with van der Waals surface area (Å²) in [7, 11) is 0. The molecule has 0 aromatic carbocycles. The van der Waals surface area contributed by atoms with Crippen molar-refractivity contribution < 1.29 is 0 Å².